The Balaban J connectivity index is 1.80. The van der Waals surface area contributed by atoms with E-state index in [9.17, 15) is 9.59 Å². The van der Waals surface area contributed by atoms with Gasteiger partial charge in [0.25, 0.3) is 0 Å². The van der Waals surface area contributed by atoms with Crippen molar-refractivity contribution in [2.24, 2.45) is 5.41 Å². The van der Waals surface area contributed by atoms with Gasteiger partial charge in [-0.15, -0.1) is 0 Å². The van der Waals surface area contributed by atoms with Gasteiger partial charge in [-0.3, -0.25) is 4.79 Å². The third kappa shape index (κ3) is 4.23. The molecule has 3 amide bonds. The average molecular weight is 303 g/mol. The number of hydrogen-bond donors (Lipinski definition) is 2. The molecule has 0 saturated heterocycles. The Morgan fingerprint density at radius 2 is 2.00 bits per heavy atom. The summed E-state index contributed by atoms with van der Waals surface area (Å²) in [6, 6.07) is 5.93. The molecule has 0 atom stereocenters. The zero-order chi connectivity index (χ0) is 16.3. The number of nitrogens with zero attached hydrogens (tertiary/aromatic N) is 1. The zero-order valence-electron chi connectivity index (χ0n) is 13.8. The Hall–Kier alpha value is -2.04. The number of hydrogen-bond acceptors (Lipinski definition) is 2. The Labute approximate surface area is 132 Å². The highest BCUT2D eigenvalue weighted by atomic mass is 16.2. The predicted octanol–water partition coefficient (Wildman–Crippen LogP) is 2.09. The Bertz CT molecular complexity index is 576. The van der Waals surface area contributed by atoms with Crippen LogP contribution in [-0.2, 0) is 17.6 Å². The quantitative estimate of drug-likeness (QED) is 0.895. The van der Waals surface area contributed by atoms with Gasteiger partial charge in [-0.1, -0.05) is 32.9 Å². The van der Waals surface area contributed by atoms with Crippen LogP contribution in [0, 0.1) is 5.41 Å². The summed E-state index contributed by atoms with van der Waals surface area (Å²) in [6.07, 6.45) is 1.23. The second-order valence-electron chi connectivity index (χ2n) is 7.01. The number of urea groups is 1. The number of benzene rings is 1. The molecule has 1 heterocycles. The number of nitrogens with one attached hydrogen (secondary N) is 2. The van der Waals surface area contributed by atoms with Crippen LogP contribution in [0.3, 0.4) is 0 Å². The minimum absolute atomic E-state index is 0.0793. The minimum Gasteiger partial charge on any atom is -0.338 e. The molecule has 2 rings (SSSR count). The van der Waals surface area contributed by atoms with Gasteiger partial charge in [-0.05, 0) is 29.0 Å². The van der Waals surface area contributed by atoms with Gasteiger partial charge in [0.1, 0.15) is 0 Å². The van der Waals surface area contributed by atoms with Crippen LogP contribution in [0.2, 0.25) is 0 Å². The number of carbonyl (C=O) groups is 2. The highest BCUT2D eigenvalue weighted by Gasteiger charge is 2.23. The third-order valence-corrected chi connectivity index (χ3v) is 3.70. The first-order valence-electron chi connectivity index (χ1n) is 7.66. The van der Waals surface area contributed by atoms with Crippen molar-refractivity contribution in [2.45, 2.75) is 33.6 Å². The fourth-order valence-corrected chi connectivity index (χ4v) is 2.41. The Morgan fingerprint density at radius 3 is 2.68 bits per heavy atom. The number of carbonyl (C=O) groups excluding carboxylic acids is 2. The molecule has 2 N–H and O–H groups in total. The molecular formula is C17H25N3O2. The summed E-state index contributed by atoms with van der Waals surface area (Å²) in [6.45, 7) is 7.47. The van der Waals surface area contributed by atoms with E-state index in [-0.39, 0.29) is 17.4 Å². The van der Waals surface area contributed by atoms with Crippen molar-refractivity contribution < 1.29 is 9.59 Å². The molecule has 0 bridgehead atoms. The number of anilines is 1. The molecule has 1 aliphatic heterocycles. The molecule has 0 spiro atoms. The van der Waals surface area contributed by atoms with Crippen LogP contribution in [0.15, 0.2) is 18.2 Å². The highest BCUT2D eigenvalue weighted by Crippen LogP contribution is 2.28. The summed E-state index contributed by atoms with van der Waals surface area (Å²) in [7, 11) is 1.80. The first kappa shape index (κ1) is 16.3. The molecule has 1 aliphatic rings. The lowest BCUT2D eigenvalue weighted by atomic mass is 9.97. The first-order valence-corrected chi connectivity index (χ1v) is 7.66. The Kier molecular flexibility index (Phi) is 4.74. The fraction of sp³-hybridized carbons (Fsp3) is 0.529. The van der Waals surface area contributed by atoms with Gasteiger partial charge in [0.05, 0.1) is 6.42 Å². The monoisotopic (exact) mass is 303 g/mol. The Morgan fingerprint density at radius 1 is 1.27 bits per heavy atom. The number of likely N-dealkylation sites (N-methyl/N-ethyl adjacent to an activating group) is 1. The van der Waals surface area contributed by atoms with Crippen LogP contribution in [0.1, 0.15) is 31.9 Å². The van der Waals surface area contributed by atoms with E-state index in [0.717, 1.165) is 23.2 Å². The summed E-state index contributed by atoms with van der Waals surface area (Å²) in [5, 5.41) is 5.72. The summed E-state index contributed by atoms with van der Waals surface area (Å²) >= 11 is 0. The van der Waals surface area contributed by atoms with Gasteiger partial charge in [0.2, 0.25) is 5.91 Å². The molecule has 5 heteroatoms. The smallest absolute Gasteiger partial charge is 0.314 e. The molecule has 1 aromatic rings. The molecule has 120 valence electrons. The third-order valence-electron chi connectivity index (χ3n) is 3.70. The van der Waals surface area contributed by atoms with Crippen molar-refractivity contribution in [3.63, 3.8) is 0 Å². The van der Waals surface area contributed by atoms with E-state index in [2.05, 4.69) is 37.5 Å². The molecule has 0 saturated carbocycles. The molecule has 0 unspecified atom stereocenters. The van der Waals surface area contributed by atoms with Crippen molar-refractivity contribution in [3.05, 3.63) is 29.3 Å². The van der Waals surface area contributed by atoms with E-state index >= 15 is 0 Å². The van der Waals surface area contributed by atoms with E-state index in [1.807, 2.05) is 12.1 Å². The van der Waals surface area contributed by atoms with Gasteiger partial charge >= 0.3 is 6.03 Å². The van der Waals surface area contributed by atoms with Crippen molar-refractivity contribution in [1.82, 2.24) is 10.6 Å². The molecular weight excluding hydrogens is 278 g/mol. The SMILES string of the molecule is CN1C(=O)Cc2cc(CCNC(=O)NCC(C)(C)C)ccc21. The average Bonchev–Trinajstić information content (AvgIpc) is 2.71. The van der Waals surface area contributed by atoms with Crippen molar-refractivity contribution in [3.8, 4) is 0 Å². The van der Waals surface area contributed by atoms with Crippen LogP contribution in [0.4, 0.5) is 10.5 Å². The lowest BCUT2D eigenvalue weighted by Gasteiger charge is -2.18. The zero-order valence-corrected chi connectivity index (χ0v) is 13.8. The summed E-state index contributed by atoms with van der Waals surface area (Å²) in [5.41, 5.74) is 3.28. The van der Waals surface area contributed by atoms with Gasteiger partial charge in [0.15, 0.2) is 0 Å². The predicted molar refractivity (Wildman–Crippen MR) is 88.1 cm³/mol. The molecule has 0 fully saturated rings. The van der Waals surface area contributed by atoms with E-state index in [0.29, 0.717) is 19.5 Å². The maximum Gasteiger partial charge on any atom is 0.314 e. The summed E-state index contributed by atoms with van der Waals surface area (Å²) in [4.78, 5) is 25.0. The largest absolute Gasteiger partial charge is 0.338 e. The van der Waals surface area contributed by atoms with Crippen LogP contribution < -0.4 is 15.5 Å². The van der Waals surface area contributed by atoms with Gasteiger partial charge in [-0.25, -0.2) is 4.79 Å². The van der Waals surface area contributed by atoms with Crippen molar-refractivity contribution in [2.75, 3.05) is 25.0 Å². The number of rotatable bonds is 4. The molecule has 0 radical (unpaired) electrons. The molecule has 1 aromatic carbocycles. The highest BCUT2D eigenvalue weighted by molar-refractivity contribution is 6.00. The first-order chi connectivity index (χ1) is 10.3. The number of fused-ring (bicyclic) bond motifs is 1. The van der Waals surface area contributed by atoms with Gasteiger partial charge in [-0.2, -0.15) is 0 Å². The van der Waals surface area contributed by atoms with Crippen LogP contribution in [0.5, 0.6) is 0 Å². The topological polar surface area (TPSA) is 61.4 Å². The fourth-order valence-electron chi connectivity index (χ4n) is 2.41. The van der Waals surface area contributed by atoms with E-state index in [1.54, 1.807) is 11.9 Å². The molecule has 0 aliphatic carbocycles. The van der Waals surface area contributed by atoms with Gasteiger partial charge in [0, 0.05) is 25.8 Å². The van der Waals surface area contributed by atoms with E-state index in [1.165, 1.54) is 0 Å². The molecule has 22 heavy (non-hydrogen) atoms. The summed E-state index contributed by atoms with van der Waals surface area (Å²) < 4.78 is 0. The van der Waals surface area contributed by atoms with Crippen LogP contribution >= 0.6 is 0 Å². The second kappa shape index (κ2) is 6.38. The molecule has 5 nitrogen and oxygen atoms in total. The van der Waals surface area contributed by atoms with Crippen molar-refractivity contribution in [1.29, 1.82) is 0 Å². The van der Waals surface area contributed by atoms with E-state index in [4.69, 9.17) is 0 Å². The lowest BCUT2D eigenvalue weighted by molar-refractivity contribution is -0.117. The van der Waals surface area contributed by atoms with Crippen LogP contribution in [0.25, 0.3) is 0 Å². The summed E-state index contributed by atoms with van der Waals surface area (Å²) in [5.74, 6) is 0.131. The van der Waals surface area contributed by atoms with E-state index < -0.39 is 0 Å². The maximum atomic E-state index is 11.7. The van der Waals surface area contributed by atoms with Gasteiger partial charge < -0.3 is 15.5 Å². The number of amides is 3. The van der Waals surface area contributed by atoms with Crippen molar-refractivity contribution >= 4 is 17.6 Å². The maximum absolute atomic E-state index is 11.7. The normalized spacial score (nSPS) is 14.0. The standard InChI is InChI=1S/C17H25N3O2/c1-17(2,3)11-19-16(22)18-8-7-12-5-6-14-13(9-12)10-15(21)20(14)4/h5-6,9H,7-8,10-11H2,1-4H3,(H2,18,19,22). The molecule has 0 aromatic heterocycles. The van der Waals surface area contributed by atoms with Crippen LogP contribution in [-0.4, -0.2) is 32.1 Å². The lowest BCUT2D eigenvalue weighted by Crippen LogP contribution is -2.40. The minimum atomic E-state index is -0.133. The second-order valence-corrected chi connectivity index (χ2v) is 7.01.